The van der Waals surface area contributed by atoms with Crippen molar-refractivity contribution in [2.45, 2.75) is 13.5 Å². The average Bonchev–Trinajstić information content (AvgIpc) is 2.91. The van der Waals surface area contributed by atoms with E-state index >= 15 is 0 Å². The highest BCUT2D eigenvalue weighted by atomic mass is 16.5. The molecule has 0 radical (unpaired) electrons. The van der Waals surface area contributed by atoms with Gasteiger partial charge in [0.2, 0.25) is 5.91 Å². The number of rotatable bonds is 6. The summed E-state index contributed by atoms with van der Waals surface area (Å²) in [5.74, 6) is 0.774. The van der Waals surface area contributed by atoms with E-state index in [4.69, 9.17) is 4.52 Å². The van der Waals surface area contributed by atoms with E-state index < -0.39 is 0 Å². The second-order valence-electron chi connectivity index (χ2n) is 5.32. The van der Waals surface area contributed by atoms with E-state index in [9.17, 15) is 9.59 Å². The lowest BCUT2D eigenvalue weighted by Crippen LogP contribution is -2.30. The van der Waals surface area contributed by atoms with Gasteiger partial charge < -0.3 is 15.2 Å². The standard InChI is InChI=1S/C16H20N4O3/c1-11-8-14(19-23-11)18-15(21)10-20(3)9-12-4-6-13(7-5-12)16(22)17-2/h4-8H,9-10H2,1-3H3,(H,17,22)(H,18,19,21). The summed E-state index contributed by atoms with van der Waals surface area (Å²) in [4.78, 5) is 25.3. The van der Waals surface area contributed by atoms with E-state index in [1.807, 2.05) is 24.1 Å². The van der Waals surface area contributed by atoms with Crippen LogP contribution in [0.5, 0.6) is 0 Å². The second-order valence-corrected chi connectivity index (χ2v) is 5.32. The van der Waals surface area contributed by atoms with E-state index in [0.29, 0.717) is 23.7 Å². The number of hydrogen-bond acceptors (Lipinski definition) is 5. The van der Waals surface area contributed by atoms with Gasteiger partial charge in [0.1, 0.15) is 5.76 Å². The Balaban J connectivity index is 1.85. The number of hydrogen-bond donors (Lipinski definition) is 2. The average molecular weight is 316 g/mol. The molecule has 1 aromatic heterocycles. The quantitative estimate of drug-likeness (QED) is 0.841. The van der Waals surface area contributed by atoms with Crippen LogP contribution in [0.1, 0.15) is 21.7 Å². The van der Waals surface area contributed by atoms with Crippen molar-refractivity contribution in [3.8, 4) is 0 Å². The van der Waals surface area contributed by atoms with Gasteiger partial charge in [-0.2, -0.15) is 0 Å². The van der Waals surface area contributed by atoms with E-state index in [1.54, 1.807) is 32.2 Å². The Hall–Kier alpha value is -2.67. The molecule has 23 heavy (non-hydrogen) atoms. The van der Waals surface area contributed by atoms with Crippen molar-refractivity contribution in [3.05, 3.63) is 47.2 Å². The van der Waals surface area contributed by atoms with Gasteiger partial charge in [-0.1, -0.05) is 17.3 Å². The fourth-order valence-electron chi connectivity index (χ4n) is 2.13. The molecule has 0 aliphatic rings. The van der Waals surface area contributed by atoms with Gasteiger partial charge in [0, 0.05) is 25.2 Å². The third-order valence-electron chi connectivity index (χ3n) is 3.20. The SMILES string of the molecule is CNC(=O)c1ccc(CN(C)CC(=O)Nc2cc(C)on2)cc1. The summed E-state index contributed by atoms with van der Waals surface area (Å²) in [5.41, 5.74) is 1.63. The predicted molar refractivity (Wildman–Crippen MR) is 86.0 cm³/mol. The number of benzene rings is 1. The molecule has 0 spiro atoms. The van der Waals surface area contributed by atoms with E-state index in [-0.39, 0.29) is 18.4 Å². The monoisotopic (exact) mass is 316 g/mol. The zero-order chi connectivity index (χ0) is 16.8. The minimum absolute atomic E-state index is 0.118. The van der Waals surface area contributed by atoms with E-state index in [2.05, 4.69) is 15.8 Å². The maximum atomic E-state index is 11.9. The number of carbonyl (C=O) groups excluding carboxylic acids is 2. The number of aromatic nitrogens is 1. The molecular weight excluding hydrogens is 296 g/mol. The van der Waals surface area contributed by atoms with Crippen molar-refractivity contribution in [2.24, 2.45) is 0 Å². The first-order chi connectivity index (χ1) is 11.0. The molecule has 0 aliphatic carbocycles. The van der Waals surface area contributed by atoms with Crippen LogP contribution in [0.25, 0.3) is 0 Å². The van der Waals surface area contributed by atoms with Crippen LogP contribution < -0.4 is 10.6 Å². The van der Waals surface area contributed by atoms with Crippen LogP contribution in [0, 0.1) is 6.92 Å². The predicted octanol–water partition coefficient (Wildman–Crippen LogP) is 1.41. The van der Waals surface area contributed by atoms with Crippen molar-refractivity contribution in [2.75, 3.05) is 26.0 Å². The molecule has 2 rings (SSSR count). The summed E-state index contributed by atoms with van der Waals surface area (Å²) >= 11 is 0. The first kappa shape index (κ1) is 16.7. The molecule has 0 unspecified atom stereocenters. The molecule has 0 atom stereocenters. The summed E-state index contributed by atoms with van der Waals surface area (Å²) in [6.07, 6.45) is 0. The maximum Gasteiger partial charge on any atom is 0.251 e. The number of aryl methyl sites for hydroxylation is 1. The van der Waals surface area contributed by atoms with Gasteiger partial charge in [0.25, 0.3) is 5.91 Å². The zero-order valence-electron chi connectivity index (χ0n) is 13.4. The van der Waals surface area contributed by atoms with E-state index in [0.717, 1.165) is 5.56 Å². The highest BCUT2D eigenvalue weighted by molar-refractivity contribution is 5.94. The van der Waals surface area contributed by atoms with Crippen molar-refractivity contribution >= 4 is 17.6 Å². The zero-order valence-corrected chi connectivity index (χ0v) is 13.4. The van der Waals surface area contributed by atoms with Crippen LogP contribution in [0.2, 0.25) is 0 Å². The first-order valence-corrected chi connectivity index (χ1v) is 7.20. The molecule has 2 aromatic rings. The van der Waals surface area contributed by atoms with Gasteiger partial charge >= 0.3 is 0 Å². The summed E-state index contributed by atoms with van der Waals surface area (Å²) in [7, 11) is 3.44. The fraction of sp³-hybridized carbons (Fsp3) is 0.312. The lowest BCUT2D eigenvalue weighted by molar-refractivity contribution is -0.117. The maximum absolute atomic E-state index is 11.9. The lowest BCUT2D eigenvalue weighted by atomic mass is 10.1. The van der Waals surface area contributed by atoms with Crippen LogP contribution in [0.4, 0.5) is 5.82 Å². The molecule has 2 N–H and O–H groups in total. The third-order valence-corrected chi connectivity index (χ3v) is 3.20. The highest BCUT2D eigenvalue weighted by Crippen LogP contribution is 2.09. The Bertz CT molecular complexity index is 679. The van der Waals surface area contributed by atoms with Gasteiger partial charge in [-0.15, -0.1) is 0 Å². The number of anilines is 1. The van der Waals surface area contributed by atoms with Crippen molar-refractivity contribution in [3.63, 3.8) is 0 Å². The Morgan fingerprint density at radius 3 is 2.52 bits per heavy atom. The molecule has 0 bridgehead atoms. The second kappa shape index (κ2) is 7.55. The molecule has 0 fully saturated rings. The highest BCUT2D eigenvalue weighted by Gasteiger charge is 2.10. The summed E-state index contributed by atoms with van der Waals surface area (Å²) in [5, 5.41) is 8.97. The number of carbonyl (C=O) groups is 2. The Morgan fingerprint density at radius 2 is 1.96 bits per heavy atom. The molecule has 7 heteroatoms. The van der Waals surface area contributed by atoms with Crippen molar-refractivity contribution in [1.82, 2.24) is 15.4 Å². The number of nitrogens with one attached hydrogen (secondary N) is 2. The molecule has 2 amide bonds. The van der Waals surface area contributed by atoms with Crippen LogP contribution in [0.15, 0.2) is 34.9 Å². The van der Waals surface area contributed by atoms with Gasteiger partial charge in [-0.3, -0.25) is 14.5 Å². The number of amides is 2. The lowest BCUT2D eigenvalue weighted by Gasteiger charge is -2.16. The smallest absolute Gasteiger partial charge is 0.251 e. The molecule has 0 saturated carbocycles. The van der Waals surface area contributed by atoms with Crippen LogP contribution >= 0.6 is 0 Å². The summed E-state index contributed by atoms with van der Waals surface area (Å²) < 4.78 is 4.89. The van der Waals surface area contributed by atoms with Crippen molar-refractivity contribution in [1.29, 1.82) is 0 Å². The number of likely N-dealkylation sites (N-methyl/N-ethyl adjacent to an activating group) is 1. The largest absolute Gasteiger partial charge is 0.360 e. The normalized spacial score (nSPS) is 10.6. The van der Waals surface area contributed by atoms with Gasteiger partial charge in [0.15, 0.2) is 5.82 Å². The Kier molecular flexibility index (Phi) is 5.48. The summed E-state index contributed by atoms with van der Waals surface area (Å²) in [6.45, 7) is 2.58. The topological polar surface area (TPSA) is 87.5 Å². The molecule has 0 saturated heterocycles. The van der Waals surface area contributed by atoms with Crippen LogP contribution in [-0.2, 0) is 11.3 Å². The molecule has 0 aliphatic heterocycles. The Labute approximate surface area is 134 Å². The summed E-state index contributed by atoms with van der Waals surface area (Å²) in [6, 6.07) is 8.94. The Morgan fingerprint density at radius 1 is 1.26 bits per heavy atom. The van der Waals surface area contributed by atoms with Crippen LogP contribution in [-0.4, -0.2) is 42.5 Å². The van der Waals surface area contributed by atoms with Crippen molar-refractivity contribution < 1.29 is 14.1 Å². The van der Waals surface area contributed by atoms with Crippen LogP contribution in [0.3, 0.4) is 0 Å². The molecule has 1 heterocycles. The minimum atomic E-state index is -0.164. The third kappa shape index (κ3) is 4.93. The van der Waals surface area contributed by atoms with E-state index in [1.165, 1.54) is 0 Å². The molecule has 1 aromatic carbocycles. The van der Waals surface area contributed by atoms with Gasteiger partial charge in [0.05, 0.1) is 6.54 Å². The molecule has 122 valence electrons. The fourth-order valence-corrected chi connectivity index (χ4v) is 2.13. The molecule has 7 nitrogen and oxygen atoms in total. The first-order valence-electron chi connectivity index (χ1n) is 7.20. The van der Waals surface area contributed by atoms with Gasteiger partial charge in [-0.25, -0.2) is 0 Å². The minimum Gasteiger partial charge on any atom is -0.360 e. The number of nitrogens with zero attached hydrogens (tertiary/aromatic N) is 2. The van der Waals surface area contributed by atoms with Gasteiger partial charge in [-0.05, 0) is 31.7 Å². The molecular formula is C16H20N4O3.